The smallest absolute Gasteiger partial charge is 0.409 e. The summed E-state index contributed by atoms with van der Waals surface area (Å²) in [5, 5.41) is 11.7. The Kier molecular flexibility index (Phi) is 5.40. The second kappa shape index (κ2) is 7.48. The van der Waals surface area contributed by atoms with Crippen LogP contribution in [-0.2, 0) is 14.3 Å². The lowest BCUT2D eigenvalue weighted by Crippen LogP contribution is -2.53. The number of nitrogens with zero attached hydrogens (tertiary/aromatic N) is 2. The van der Waals surface area contributed by atoms with E-state index in [4.69, 9.17) is 4.74 Å². The number of phenolic OH excluding ortho intramolecular Hbond substituents is 1. The molecule has 0 unspecified atom stereocenters. The molecule has 2 N–H and O–H groups in total. The second-order valence-electron chi connectivity index (χ2n) is 4.98. The van der Waals surface area contributed by atoms with Gasteiger partial charge in [0, 0.05) is 31.9 Å². The van der Waals surface area contributed by atoms with E-state index in [1.807, 2.05) is 0 Å². The van der Waals surface area contributed by atoms with E-state index in [9.17, 15) is 19.5 Å². The van der Waals surface area contributed by atoms with Crippen molar-refractivity contribution in [2.24, 2.45) is 0 Å². The van der Waals surface area contributed by atoms with E-state index in [0.29, 0.717) is 25.4 Å². The third-order valence-electron chi connectivity index (χ3n) is 3.41. The molecule has 124 valence electrons. The number of hydrogen-bond acceptors (Lipinski definition) is 5. The molecule has 0 bridgehead atoms. The van der Waals surface area contributed by atoms with Gasteiger partial charge in [-0.3, -0.25) is 9.59 Å². The zero-order chi connectivity index (χ0) is 16.8. The van der Waals surface area contributed by atoms with E-state index >= 15 is 0 Å². The normalized spacial score (nSPS) is 14.3. The van der Waals surface area contributed by atoms with Crippen molar-refractivity contribution in [3.63, 3.8) is 0 Å². The van der Waals surface area contributed by atoms with E-state index in [0.717, 1.165) is 0 Å². The molecule has 0 atom stereocenters. The summed E-state index contributed by atoms with van der Waals surface area (Å²) in [5.74, 6) is -1.33. The van der Waals surface area contributed by atoms with Crippen LogP contribution in [0.2, 0.25) is 0 Å². The molecule has 1 fully saturated rings. The molecular formula is C15H19N3O5. The molecule has 0 aliphatic carbocycles. The van der Waals surface area contributed by atoms with Crippen LogP contribution >= 0.6 is 0 Å². The number of aromatic hydroxyl groups is 1. The SMILES string of the molecule is CCOC(=O)N1CCN(C(=O)C(=O)Nc2ccc(O)cc2)CC1. The van der Waals surface area contributed by atoms with Crippen molar-refractivity contribution in [1.29, 1.82) is 0 Å². The maximum Gasteiger partial charge on any atom is 0.409 e. The summed E-state index contributed by atoms with van der Waals surface area (Å²) < 4.78 is 4.90. The van der Waals surface area contributed by atoms with Crippen LogP contribution in [0.15, 0.2) is 24.3 Å². The number of amides is 3. The highest BCUT2D eigenvalue weighted by molar-refractivity contribution is 6.39. The number of carbonyl (C=O) groups excluding carboxylic acids is 3. The zero-order valence-electron chi connectivity index (χ0n) is 12.8. The summed E-state index contributed by atoms with van der Waals surface area (Å²) in [7, 11) is 0. The van der Waals surface area contributed by atoms with Crippen molar-refractivity contribution in [2.45, 2.75) is 6.92 Å². The van der Waals surface area contributed by atoms with Gasteiger partial charge in [-0.1, -0.05) is 0 Å². The van der Waals surface area contributed by atoms with Gasteiger partial charge in [0.15, 0.2) is 0 Å². The van der Waals surface area contributed by atoms with E-state index in [1.54, 1.807) is 6.92 Å². The van der Waals surface area contributed by atoms with Crippen LogP contribution in [0.5, 0.6) is 5.75 Å². The molecule has 0 saturated carbocycles. The van der Waals surface area contributed by atoms with Gasteiger partial charge in [0.1, 0.15) is 5.75 Å². The molecule has 1 heterocycles. The van der Waals surface area contributed by atoms with Gasteiger partial charge in [0.25, 0.3) is 0 Å². The topological polar surface area (TPSA) is 99.2 Å². The molecule has 23 heavy (non-hydrogen) atoms. The van der Waals surface area contributed by atoms with Crippen LogP contribution in [0.1, 0.15) is 6.92 Å². The molecule has 8 nitrogen and oxygen atoms in total. The van der Waals surface area contributed by atoms with Gasteiger partial charge in [0.05, 0.1) is 6.61 Å². The Bertz CT molecular complexity index is 579. The monoisotopic (exact) mass is 321 g/mol. The third kappa shape index (κ3) is 4.35. The lowest BCUT2D eigenvalue weighted by Gasteiger charge is -2.33. The number of anilines is 1. The quantitative estimate of drug-likeness (QED) is 0.615. The number of nitrogens with one attached hydrogen (secondary N) is 1. The largest absolute Gasteiger partial charge is 0.508 e. The molecule has 2 rings (SSSR count). The molecular weight excluding hydrogens is 302 g/mol. The highest BCUT2D eigenvalue weighted by atomic mass is 16.6. The summed E-state index contributed by atoms with van der Waals surface area (Å²) in [6.07, 6.45) is -0.409. The van der Waals surface area contributed by atoms with Crippen LogP contribution in [0.3, 0.4) is 0 Å². The van der Waals surface area contributed by atoms with Gasteiger partial charge in [-0.2, -0.15) is 0 Å². The van der Waals surface area contributed by atoms with Crippen molar-refractivity contribution in [3.05, 3.63) is 24.3 Å². The summed E-state index contributed by atoms with van der Waals surface area (Å²) in [4.78, 5) is 38.5. The molecule has 8 heteroatoms. The molecule has 1 aliphatic rings. The predicted octanol–water partition coefficient (Wildman–Crippen LogP) is 0.631. The minimum Gasteiger partial charge on any atom is -0.508 e. The summed E-state index contributed by atoms with van der Waals surface area (Å²) in [6, 6.07) is 5.83. The number of rotatable bonds is 2. The van der Waals surface area contributed by atoms with Crippen LogP contribution in [0.4, 0.5) is 10.5 Å². The van der Waals surface area contributed by atoms with Gasteiger partial charge in [-0.15, -0.1) is 0 Å². The lowest BCUT2D eigenvalue weighted by molar-refractivity contribution is -0.144. The third-order valence-corrected chi connectivity index (χ3v) is 3.41. The van der Waals surface area contributed by atoms with Crippen LogP contribution in [0, 0.1) is 0 Å². The van der Waals surface area contributed by atoms with Gasteiger partial charge in [0.2, 0.25) is 0 Å². The first-order valence-corrected chi connectivity index (χ1v) is 7.32. The van der Waals surface area contributed by atoms with Gasteiger partial charge in [-0.25, -0.2) is 4.79 Å². The van der Waals surface area contributed by atoms with Crippen LogP contribution < -0.4 is 5.32 Å². The average molecular weight is 321 g/mol. The fourth-order valence-corrected chi connectivity index (χ4v) is 2.18. The maximum atomic E-state index is 12.1. The summed E-state index contributed by atoms with van der Waals surface area (Å²) in [5.41, 5.74) is 0.423. The average Bonchev–Trinajstić information content (AvgIpc) is 2.56. The molecule has 3 amide bonds. The fourth-order valence-electron chi connectivity index (χ4n) is 2.18. The number of ether oxygens (including phenoxy) is 1. The standard InChI is InChI=1S/C15H19N3O5/c1-2-23-15(22)18-9-7-17(8-10-18)14(21)13(20)16-11-3-5-12(19)6-4-11/h3-6,19H,2,7-10H2,1H3,(H,16,20). The van der Waals surface area contributed by atoms with E-state index < -0.39 is 17.9 Å². The predicted molar refractivity (Wildman–Crippen MR) is 81.9 cm³/mol. The molecule has 1 aliphatic heterocycles. The Morgan fingerprint density at radius 2 is 1.65 bits per heavy atom. The zero-order valence-corrected chi connectivity index (χ0v) is 12.8. The molecule has 0 aromatic heterocycles. The summed E-state index contributed by atoms with van der Waals surface area (Å²) >= 11 is 0. The number of benzene rings is 1. The van der Waals surface area contributed by atoms with Crippen molar-refractivity contribution >= 4 is 23.6 Å². The Morgan fingerprint density at radius 1 is 1.09 bits per heavy atom. The first kappa shape index (κ1) is 16.6. The van der Waals surface area contributed by atoms with Crippen molar-refractivity contribution in [3.8, 4) is 5.75 Å². The number of phenols is 1. The van der Waals surface area contributed by atoms with Gasteiger partial charge >= 0.3 is 17.9 Å². The van der Waals surface area contributed by atoms with E-state index in [2.05, 4.69) is 5.32 Å². The van der Waals surface area contributed by atoms with E-state index in [-0.39, 0.29) is 18.8 Å². The second-order valence-corrected chi connectivity index (χ2v) is 4.98. The fraction of sp³-hybridized carbons (Fsp3) is 0.400. The first-order chi connectivity index (χ1) is 11.0. The van der Waals surface area contributed by atoms with Crippen LogP contribution in [0.25, 0.3) is 0 Å². The lowest BCUT2D eigenvalue weighted by atomic mass is 10.3. The molecule has 1 aromatic rings. The molecule has 1 saturated heterocycles. The maximum absolute atomic E-state index is 12.1. The number of carbonyl (C=O) groups is 3. The Labute approximate surface area is 133 Å². The number of hydrogen-bond donors (Lipinski definition) is 2. The minimum atomic E-state index is -0.750. The van der Waals surface area contributed by atoms with Crippen LogP contribution in [-0.4, -0.2) is 65.6 Å². The van der Waals surface area contributed by atoms with E-state index in [1.165, 1.54) is 34.1 Å². The molecule has 1 aromatic carbocycles. The Morgan fingerprint density at radius 3 is 2.22 bits per heavy atom. The van der Waals surface area contributed by atoms with Crippen molar-refractivity contribution in [1.82, 2.24) is 9.80 Å². The Hall–Kier alpha value is -2.77. The van der Waals surface area contributed by atoms with Crippen molar-refractivity contribution in [2.75, 3.05) is 38.1 Å². The highest BCUT2D eigenvalue weighted by Crippen LogP contribution is 2.14. The van der Waals surface area contributed by atoms with Gasteiger partial charge in [-0.05, 0) is 31.2 Å². The highest BCUT2D eigenvalue weighted by Gasteiger charge is 2.28. The molecule has 0 spiro atoms. The summed E-state index contributed by atoms with van der Waals surface area (Å²) in [6.45, 7) is 3.24. The molecule has 0 radical (unpaired) electrons. The first-order valence-electron chi connectivity index (χ1n) is 7.32. The Balaban J connectivity index is 1.85. The van der Waals surface area contributed by atoms with Crippen molar-refractivity contribution < 1.29 is 24.2 Å². The van der Waals surface area contributed by atoms with Gasteiger partial charge < -0.3 is 25.0 Å². The minimum absolute atomic E-state index is 0.0735. The number of piperazine rings is 1.